The number of nitrogens with zero attached hydrogens (tertiary/aromatic N) is 2. The van der Waals surface area contributed by atoms with E-state index in [4.69, 9.17) is 4.74 Å². The number of non-ortho nitro benzene ring substituents is 1. The molecule has 98 valence electrons. The minimum Gasteiger partial charge on any atom is -0.461 e. The Morgan fingerprint density at radius 2 is 2.00 bits per heavy atom. The van der Waals surface area contributed by atoms with E-state index in [1.807, 2.05) is 0 Å². The van der Waals surface area contributed by atoms with Gasteiger partial charge in [-0.25, -0.2) is 4.79 Å². The van der Waals surface area contributed by atoms with Gasteiger partial charge in [-0.15, -0.1) is 0 Å². The molecule has 1 heterocycles. The summed E-state index contributed by atoms with van der Waals surface area (Å²) < 4.78 is 6.57. The fraction of sp³-hybridized carbons (Fsp3) is 0.154. The molecule has 0 amide bonds. The van der Waals surface area contributed by atoms with E-state index >= 15 is 0 Å². The number of nitro groups is 1. The lowest BCUT2D eigenvalue weighted by Crippen LogP contribution is -2.10. The second kappa shape index (κ2) is 5.34. The third-order valence-electron chi connectivity index (χ3n) is 2.57. The average molecular weight is 260 g/mol. The molecule has 0 saturated carbocycles. The third-order valence-corrected chi connectivity index (χ3v) is 2.57. The van der Waals surface area contributed by atoms with Gasteiger partial charge in [0, 0.05) is 24.0 Å². The van der Waals surface area contributed by atoms with Crippen molar-refractivity contribution in [2.24, 2.45) is 0 Å². The topological polar surface area (TPSA) is 74.4 Å². The molecule has 0 fully saturated rings. The number of rotatable bonds is 4. The van der Waals surface area contributed by atoms with E-state index in [1.54, 1.807) is 42.0 Å². The molecule has 0 saturated heterocycles. The summed E-state index contributed by atoms with van der Waals surface area (Å²) in [6.45, 7) is 2.03. The van der Waals surface area contributed by atoms with Crippen LogP contribution in [0.2, 0.25) is 0 Å². The fourth-order valence-electron chi connectivity index (χ4n) is 1.71. The van der Waals surface area contributed by atoms with Crippen LogP contribution >= 0.6 is 0 Å². The second-order valence-corrected chi connectivity index (χ2v) is 3.76. The Morgan fingerprint density at radius 1 is 1.32 bits per heavy atom. The van der Waals surface area contributed by atoms with Crippen LogP contribution in [0.4, 0.5) is 5.69 Å². The van der Waals surface area contributed by atoms with E-state index < -0.39 is 10.9 Å². The normalized spacial score (nSPS) is 10.2. The number of hydrogen-bond donors (Lipinski definition) is 0. The molecule has 0 N–H and O–H groups in total. The highest BCUT2D eigenvalue weighted by Gasteiger charge is 2.13. The Kier molecular flexibility index (Phi) is 3.61. The number of carbonyl (C=O) groups excluding carboxylic acids is 1. The summed E-state index contributed by atoms with van der Waals surface area (Å²) in [6.07, 6.45) is 1.70. The fourth-order valence-corrected chi connectivity index (χ4v) is 1.71. The lowest BCUT2D eigenvalue weighted by molar-refractivity contribution is -0.384. The molecule has 0 unspecified atom stereocenters. The first kappa shape index (κ1) is 12.8. The Balaban J connectivity index is 2.34. The van der Waals surface area contributed by atoms with Gasteiger partial charge in [0.05, 0.1) is 11.5 Å². The summed E-state index contributed by atoms with van der Waals surface area (Å²) in [5, 5.41) is 10.6. The first-order valence-electron chi connectivity index (χ1n) is 5.72. The van der Waals surface area contributed by atoms with Crippen LogP contribution in [0.3, 0.4) is 0 Å². The van der Waals surface area contributed by atoms with Crippen molar-refractivity contribution >= 4 is 11.7 Å². The first-order valence-corrected chi connectivity index (χ1v) is 5.72. The first-order chi connectivity index (χ1) is 9.13. The van der Waals surface area contributed by atoms with Gasteiger partial charge in [0.25, 0.3) is 5.69 Å². The molecular formula is C13H12N2O4. The van der Waals surface area contributed by atoms with Crippen LogP contribution in [0.5, 0.6) is 0 Å². The monoisotopic (exact) mass is 260 g/mol. The van der Waals surface area contributed by atoms with E-state index in [1.165, 1.54) is 12.1 Å². The molecule has 0 aliphatic heterocycles. The Labute approximate surface area is 109 Å². The SMILES string of the molecule is CCOC(=O)c1cccn1-c1ccc([N+](=O)[O-])cc1. The number of aromatic nitrogens is 1. The van der Waals surface area contributed by atoms with Gasteiger partial charge in [0.15, 0.2) is 0 Å². The molecule has 2 rings (SSSR count). The smallest absolute Gasteiger partial charge is 0.355 e. The summed E-state index contributed by atoms with van der Waals surface area (Å²) >= 11 is 0. The number of hydrogen-bond acceptors (Lipinski definition) is 4. The molecule has 0 bridgehead atoms. The summed E-state index contributed by atoms with van der Waals surface area (Å²) in [7, 11) is 0. The van der Waals surface area contributed by atoms with Gasteiger partial charge in [0.2, 0.25) is 0 Å². The van der Waals surface area contributed by atoms with E-state index in [2.05, 4.69) is 0 Å². The van der Waals surface area contributed by atoms with Gasteiger partial charge in [-0.05, 0) is 31.2 Å². The Morgan fingerprint density at radius 3 is 2.58 bits per heavy atom. The van der Waals surface area contributed by atoms with Gasteiger partial charge in [-0.2, -0.15) is 0 Å². The van der Waals surface area contributed by atoms with Crippen LogP contribution in [0, 0.1) is 10.1 Å². The maximum atomic E-state index is 11.7. The van der Waals surface area contributed by atoms with Gasteiger partial charge in [0.1, 0.15) is 5.69 Å². The molecule has 0 radical (unpaired) electrons. The number of esters is 1. The van der Waals surface area contributed by atoms with Crippen LogP contribution in [0.15, 0.2) is 42.6 Å². The molecule has 0 atom stereocenters. The predicted octanol–water partition coefficient (Wildman–Crippen LogP) is 2.56. The summed E-state index contributed by atoms with van der Waals surface area (Å²) in [5.74, 6) is -0.425. The maximum Gasteiger partial charge on any atom is 0.355 e. The lowest BCUT2D eigenvalue weighted by Gasteiger charge is -2.08. The van der Waals surface area contributed by atoms with Gasteiger partial charge < -0.3 is 9.30 Å². The quantitative estimate of drug-likeness (QED) is 0.481. The van der Waals surface area contributed by atoms with Gasteiger partial charge in [-0.1, -0.05) is 0 Å². The van der Waals surface area contributed by atoms with Crippen LogP contribution in [0.25, 0.3) is 5.69 Å². The molecule has 2 aromatic rings. The largest absolute Gasteiger partial charge is 0.461 e. The Hall–Kier alpha value is -2.63. The molecule has 6 nitrogen and oxygen atoms in total. The minimum absolute atomic E-state index is 0.00795. The van der Waals surface area contributed by atoms with Crippen molar-refractivity contribution in [1.82, 2.24) is 4.57 Å². The van der Waals surface area contributed by atoms with Crippen LogP contribution in [-0.4, -0.2) is 22.1 Å². The van der Waals surface area contributed by atoms with Crippen LogP contribution in [0.1, 0.15) is 17.4 Å². The Bertz CT molecular complexity index is 601. The zero-order valence-electron chi connectivity index (χ0n) is 10.3. The number of ether oxygens (including phenoxy) is 1. The number of benzene rings is 1. The zero-order chi connectivity index (χ0) is 13.8. The van der Waals surface area contributed by atoms with Crippen molar-refractivity contribution in [2.75, 3.05) is 6.61 Å². The number of carbonyl (C=O) groups is 1. The van der Waals surface area contributed by atoms with E-state index in [0.717, 1.165) is 0 Å². The van der Waals surface area contributed by atoms with Crippen molar-refractivity contribution in [2.45, 2.75) is 6.92 Å². The molecule has 0 aliphatic carbocycles. The highest BCUT2D eigenvalue weighted by Crippen LogP contribution is 2.18. The maximum absolute atomic E-state index is 11.7. The minimum atomic E-state index is -0.467. The predicted molar refractivity (Wildman–Crippen MR) is 68.4 cm³/mol. The van der Waals surface area contributed by atoms with Gasteiger partial charge >= 0.3 is 5.97 Å². The number of nitro benzene ring substituents is 1. The standard InChI is InChI=1S/C13H12N2O4/c1-2-19-13(16)12-4-3-9-14(12)10-5-7-11(8-6-10)15(17)18/h3-9H,2H2,1H3. The lowest BCUT2D eigenvalue weighted by atomic mass is 10.2. The van der Waals surface area contributed by atoms with Crippen molar-refractivity contribution < 1.29 is 14.5 Å². The molecule has 6 heteroatoms. The van der Waals surface area contributed by atoms with E-state index in [0.29, 0.717) is 18.0 Å². The van der Waals surface area contributed by atoms with Crippen molar-refractivity contribution in [3.05, 3.63) is 58.4 Å². The van der Waals surface area contributed by atoms with Gasteiger partial charge in [-0.3, -0.25) is 10.1 Å². The van der Waals surface area contributed by atoms with Crippen molar-refractivity contribution in [3.63, 3.8) is 0 Å². The summed E-state index contributed by atoms with van der Waals surface area (Å²) in [4.78, 5) is 21.8. The van der Waals surface area contributed by atoms with Crippen molar-refractivity contribution in [3.8, 4) is 5.69 Å². The molecule has 0 aliphatic rings. The van der Waals surface area contributed by atoms with E-state index in [9.17, 15) is 14.9 Å². The highest BCUT2D eigenvalue weighted by atomic mass is 16.6. The van der Waals surface area contributed by atoms with E-state index in [-0.39, 0.29) is 5.69 Å². The zero-order valence-corrected chi connectivity index (χ0v) is 10.3. The van der Waals surface area contributed by atoms with Crippen LogP contribution in [-0.2, 0) is 4.74 Å². The van der Waals surface area contributed by atoms with Crippen LogP contribution < -0.4 is 0 Å². The molecule has 1 aromatic heterocycles. The third kappa shape index (κ3) is 2.62. The average Bonchev–Trinajstić information content (AvgIpc) is 2.88. The molecule has 19 heavy (non-hydrogen) atoms. The second-order valence-electron chi connectivity index (χ2n) is 3.76. The molecule has 1 aromatic carbocycles. The van der Waals surface area contributed by atoms with Crippen molar-refractivity contribution in [1.29, 1.82) is 0 Å². The summed E-state index contributed by atoms with van der Waals surface area (Å²) in [6, 6.07) is 9.31. The summed E-state index contributed by atoms with van der Waals surface area (Å²) in [5.41, 5.74) is 1.06. The highest BCUT2D eigenvalue weighted by molar-refractivity contribution is 5.88. The molecular weight excluding hydrogens is 248 g/mol. The molecule has 0 spiro atoms.